The average molecular weight is 337 g/mol. The molecular weight excluding hydrogens is 323 g/mol. The normalized spacial score (nSPS) is 12.0. The molecule has 0 spiro atoms. The van der Waals surface area contributed by atoms with E-state index in [1.165, 1.54) is 6.07 Å². The molecule has 0 aliphatic rings. The molecule has 0 fully saturated rings. The first-order valence-corrected chi connectivity index (χ1v) is 6.85. The van der Waals surface area contributed by atoms with Gasteiger partial charge in [0.05, 0.1) is 4.47 Å². The lowest BCUT2D eigenvalue weighted by Gasteiger charge is -2.14. The molecule has 0 saturated heterocycles. The fraction of sp³-hybridized carbons (Fsp3) is 0.133. The number of nitrogens with two attached hydrogens (primary N) is 1. The zero-order valence-corrected chi connectivity index (χ0v) is 12.4. The van der Waals surface area contributed by atoms with Gasteiger partial charge in [0.15, 0.2) is 0 Å². The van der Waals surface area contributed by atoms with Crippen molar-refractivity contribution in [2.75, 3.05) is 5.32 Å². The van der Waals surface area contributed by atoms with Crippen molar-refractivity contribution in [2.45, 2.75) is 13.0 Å². The van der Waals surface area contributed by atoms with Crippen molar-refractivity contribution < 1.29 is 9.18 Å². The van der Waals surface area contributed by atoms with Crippen LogP contribution < -0.4 is 11.1 Å². The summed E-state index contributed by atoms with van der Waals surface area (Å²) in [6.07, 6.45) is 0. The lowest BCUT2D eigenvalue weighted by Crippen LogP contribution is -2.28. The lowest BCUT2D eigenvalue weighted by molar-refractivity contribution is -0.117. The predicted octanol–water partition coefficient (Wildman–Crippen LogP) is 3.54. The summed E-state index contributed by atoms with van der Waals surface area (Å²) >= 11 is 3.10. The van der Waals surface area contributed by atoms with Crippen LogP contribution in [0.3, 0.4) is 0 Å². The number of hydrogen-bond donors (Lipinski definition) is 2. The van der Waals surface area contributed by atoms with Gasteiger partial charge in [-0.15, -0.1) is 0 Å². The van der Waals surface area contributed by atoms with Crippen LogP contribution in [-0.2, 0) is 4.79 Å². The molecule has 0 radical (unpaired) electrons. The first-order chi connectivity index (χ1) is 9.49. The Morgan fingerprint density at radius 3 is 2.60 bits per heavy atom. The molecule has 0 aliphatic heterocycles. The lowest BCUT2D eigenvalue weighted by atomic mass is 10.1. The highest BCUT2D eigenvalue weighted by atomic mass is 79.9. The van der Waals surface area contributed by atoms with E-state index in [1.807, 2.05) is 18.2 Å². The standard InChI is InChI=1S/C15H14BrFN2O/c1-9-7-11(16)12(17)8-13(9)19-15(20)14(18)10-5-3-2-4-6-10/h2-8,14H,18H2,1H3,(H,19,20)/t14-/m0/s1. The molecular formula is C15H14BrFN2O. The van der Waals surface area contributed by atoms with E-state index in [4.69, 9.17) is 5.73 Å². The third kappa shape index (κ3) is 3.23. The highest BCUT2D eigenvalue weighted by Crippen LogP contribution is 2.24. The fourth-order valence-corrected chi connectivity index (χ4v) is 2.26. The highest BCUT2D eigenvalue weighted by Gasteiger charge is 2.17. The van der Waals surface area contributed by atoms with Gasteiger partial charge in [0.1, 0.15) is 11.9 Å². The minimum Gasteiger partial charge on any atom is -0.324 e. The Morgan fingerprint density at radius 2 is 1.95 bits per heavy atom. The second-order valence-corrected chi connectivity index (χ2v) is 5.31. The zero-order chi connectivity index (χ0) is 14.7. The summed E-state index contributed by atoms with van der Waals surface area (Å²) in [6, 6.07) is 11.1. The van der Waals surface area contributed by atoms with E-state index < -0.39 is 11.9 Å². The SMILES string of the molecule is Cc1cc(Br)c(F)cc1NC(=O)[C@@H](N)c1ccccc1. The van der Waals surface area contributed by atoms with E-state index in [0.717, 1.165) is 5.56 Å². The first kappa shape index (κ1) is 14.7. The monoisotopic (exact) mass is 336 g/mol. The molecule has 104 valence electrons. The topological polar surface area (TPSA) is 55.1 Å². The molecule has 2 rings (SSSR count). The minimum atomic E-state index is -0.790. The molecule has 0 unspecified atom stereocenters. The number of halogens is 2. The molecule has 0 aromatic heterocycles. The van der Waals surface area contributed by atoms with Gasteiger partial charge in [0.2, 0.25) is 5.91 Å². The van der Waals surface area contributed by atoms with Crippen molar-refractivity contribution >= 4 is 27.5 Å². The van der Waals surface area contributed by atoms with Gasteiger partial charge in [-0.05, 0) is 46.1 Å². The van der Waals surface area contributed by atoms with Gasteiger partial charge in [-0.25, -0.2) is 4.39 Å². The quantitative estimate of drug-likeness (QED) is 0.900. The number of nitrogens with one attached hydrogen (secondary N) is 1. The van der Waals surface area contributed by atoms with Gasteiger partial charge >= 0.3 is 0 Å². The minimum absolute atomic E-state index is 0.361. The van der Waals surface area contributed by atoms with Crippen molar-refractivity contribution in [3.05, 3.63) is 63.9 Å². The van der Waals surface area contributed by atoms with Crippen LogP contribution in [0.2, 0.25) is 0 Å². The second-order valence-electron chi connectivity index (χ2n) is 4.46. The number of hydrogen-bond acceptors (Lipinski definition) is 2. The van der Waals surface area contributed by atoms with Gasteiger partial charge in [0.25, 0.3) is 0 Å². The van der Waals surface area contributed by atoms with Crippen LogP contribution >= 0.6 is 15.9 Å². The third-order valence-corrected chi connectivity index (χ3v) is 3.57. The van der Waals surface area contributed by atoms with E-state index in [2.05, 4.69) is 21.2 Å². The van der Waals surface area contributed by atoms with E-state index in [-0.39, 0.29) is 5.91 Å². The van der Waals surface area contributed by atoms with Crippen molar-refractivity contribution in [3.63, 3.8) is 0 Å². The number of anilines is 1. The van der Waals surface area contributed by atoms with E-state index in [0.29, 0.717) is 15.7 Å². The molecule has 20 heavy (non-hydrogen) atoms. The van der Waals surface area contributed by atoms with Gasteiger partial charge in [-0.3, -0.25) is 4.79 Å². The second kappa shape index (κ2) is 6.15. The Balaban J connectivity index is 2.18. The van der Waals surface area contributed by atoms with Gasteiger partial charge in [-0.1, -0.05) is 30.3 Å². The van der Waals surface area contributed by atoms with Crippen LogP contribution in [0.5, 0.6) is 0 Å². The molecule has 0 heterocycles. The molecule has 1 amide bonds. The number of aryl methyl sites for hydroxylation is 1. The van der Waals surface area contributed by atoms with Gasteiger partial charge < -0.3 is 11.1 Å². The molecule has 0 aliphatic carbocycles. The van der Waals surface area contributed by atoms with Crippen LogP contribution in [0.25, 0.3) is 0 Å². The highest BCUT2D eigenvalue weighted by molar-refractivity contribution is 9.10. The number of amides is 1. The van der Waals surface area contributed by atoms with Crippen LogP contribution in [0.1, 0.15) is 17.2 Å². The smallest absolute Gasteiger partial charge is 0.245 e. The average Bonchev–Trinajstić information content (AvgIpc) is 2.44. The molecule has 3 N–H and O–H groups in total. The summed E-state index contributed by atoms with van der Waals surface area (Å²) in [5.41, 5.74) is 7.77. The Hall–Kier alpha value is -1.72. The molecule has 0 saturated carbocycles. The summed E-state index contributed by atoms with van der Waals surface area (Å²) in [5.74, 6) is -0.805. The maximum atomic E-state index is 13.5. The Kier molecular flexibility index (Phi) is 4.52. The van der Waals surface area contributed by atoms with Crippen LogP contribution in [-0.4, -0.2) is 5.91 Å². The van der Waals surface area contributed by atoms with Crippen LogP contribution in [0, 0.1) is 12.7 Å². The largest absolute Gasteiger partial charge is 0.324 e. The third-order valence-electron chi connectivity index (χ3n) is 2.97. The molecule has 0 bridgehead atoms. The van der Waals surface area contributed by atoms with Crippen molar-refractivity contribution in [1.82, 2.24) is 0 Å². The zero-order valence-electron chi connectivity index (χ0n) is 10.9. The number of carbonyl (C=O) groups excluding carboxylic acids is 1. The molecule has 3 nitrogen and oxygen atoms in total. The maximum Gasteiger partial charge on any atom is 0.245 e. The van der Waals surface area contributed by atoms with E-state index in [9.17, 15) is 9.18 Å². The van der Waals surface area contributed by atoms with Crippen molar-refractivity contribution in [1.29, 1.82) is 0 Å². The summed E-state index contributed by atoms with van der Waals surface area (Å²) in [4.78, 5) is 12.1. The Labute approximate surface area is 125 Å². The van der Waals surface area contributed by atoms with E-state index >= 15 is 0 Å². The summed E-state index contributed by atoms with van der Waals surface area (Å²) in [6.45, 7) is 1.79. The van der Waals surface area contributed by atoms with Crippen molar-refractivity contribution in [2.24, 2.45) is 5.73 Å². The van der Waals surface area contributed by atoms with Crippen LogP contribution in [0.4, 0.5) is 10.1 Å². The van der Waals surface area contributed by atoms with Crippen LogP contribution in [0.15, 0.2) is 46.9 Å². The molecule has 1 atom stereocenters. The fourth-order valence-electron chi connectivity index (χ4n) is 1.80. The van der Waals surface area contributed by atoms with Gasteiger partial charge in [0, 0.05) is 5.69 Å². The van der Waals surface area contributed by atoms with E-state index in [1.54, 1.807) is 25.1 Å². The summed E-state index contributed by atoms with van der Waals surface area (Å²) in [5, 5.41) is 2.65. The summed E-state index contributed by atoms with van der Waals surface area (Å²) in [7, 11) is 0. The molecule has 2 aromatic carbocycles. The number of benzene rings is 2. The maximum absolute atomic E-state index is 13.5. The Bertz CT molecular complexity index is 631. The first-order valence-electron chi connectivity index (χ1n) is 6.06. The Morgan fingerprint density at radius 1 is 1.30 bits per heavy atom. The number of rotatable bonds is 3. The van der Waals surface area contributed by atoms with Gasteiger partial charge in [-0.2, -0.15) is 0 Å². The summed E-state index contributed by atoms with van der Waals surface area (Å²) < 4.78 is 13.9. The molecule has 5 heteroatoms. The van der Waals surface area contributed by atoms with Crippen molar-refractivity contribution in [3.8, 4) is 0 Å². The number of carbonyl (C=O) groups is 1. The molecule has 2 aromatic rings. The predicted molar refractivity (Wildman–Crippen MR) is 80.8 cm³/mol.